The van der Waals surface area contributed by atoms with Gasteiger partial charge in [-0.3, -0.25) is 4.98 Å². The molecule has 1 aliphatic carbocycles. The fourth-order valence-electron chi connectivity index (χ4n) is 5.43. The Hall–Kier alpha value is -2.05. The van der Waals surface area contributed by atoms with Gasteiger partial charge in [0.25, 0.3) is 0 Å². The SMILES string of the molecule is COc1cc2c(NCC[C@H]3CCOC3)c3c(nc2cc1OCCCN1CCCC1)CCC3. The van der Waals surface area contributed by atoms with Crippen molar-refractivity contribution in [3.63, 3.8) is 0 Å². The third kappa shape index (κ3) is 4.81. The van der Waals surface area contributed by atoms with E-state index >= 15 is 0 Å². The van der Waals surface area contributed by atoms with Crippen LogP contribution in [-0.2, 0) is 17.6 Å². The molecule has 0 unspecified atom stereocenters. The molecule has 5 rings (SSSR count). The van der Waals surface area contributed by atoms with Crippen LogP contribution < -0.4 is 14.8 Å². The van der Waals surface area contributed by atoms with Crippen molar-refractivity contribution in [2.24, 2.45) is 5.92 Å². The van der Waals surface area contributed by atoms with Crippen molar-refractivity contribution in [3.8, 4) is 11.5 Å². The third-order valence-corrected chi connectivity index (χ3v) is 7.25. The maximum Gasteiger partial charge on any atom is 0.163 e. The van der Waals surface area contributed by atoms with E-state index in [9.17, 15) is 0 Å². The molecule has 1 aromatic carbocycles. The molecule has 174 valence electrons. The summed E-state index contributed by atoms with van der Waals surface area (Å²) >= 11 is 0. The highest BCUT2D eigenvalue weighted by molar-refractivity contribution is 5.96. The fourth-order valence-corrected chi connectivity index (χ4v) is 5.43. The van der Waals surface area contributed by atoms with Crippen LogP contribution in [0, 0.1) is 5.92 Å². The van der Waals surface area contributed by atoms with Crippen LogP contribution in [0.4, 0.5) is 5.69 Å². The molecule has 3 heterocycles. The number of benzene rings is 1. The van der Waals surface area contributed by atoms with E-state index in [2.05, 4.69) is 22.3 Å². The molecule has 1 aromatic heterocycles. The molecule has 2 aliphatic heterocycles. The lowest BCUT2D eigenvalue weighted by atomic mass is 10.0. The van der Waals surface area contributed by atoms with Crippen LogP contribution in [0.25, 0.3) is 10.9 Å². The van der Waals surface area contributed by atoms with Crippen molar-refractivity contribution in [3.05, 3.63) is 23.4 Å². The van der Waals surface area contributed by atoms with Gasteiger partial charge < -0.3 is 24.4 Å². The predicted octanol–water partition coefficient (Wildman–Crippen LogP) is 4.44. The van der Waals surface area contributed by atoms with Gasteiger partial charge >= 0.3 is 0 Å². The van der Waals surface area contributed by atoms with Gasteiger partial charge in [0.1, 0.15) is 0 Å². The van der Waals surface area contributed by atoms with E-state index in [0.29, 0.717) is 12.5 Å². The summed E-state index contributed by atoms with van der Waals surface area (Å²) in [6.45, 7) is 7.07. The largest absolute Gasteiger partial charge is 0.493 e. The second-order valence-electron chi connectivity index (χ2n) is 9.48. The minimum Gasteiger partial charge on any atom is -0.493 e. The molecule has 1 atom stereocenters. The average molecular weight is 440 g/mol. The zero-order valence-electron chi connectivity index (χ0n) is 19.5. The number of fused-ring (bicyclic) bond motifs is 2. The molecule has 0 spiro atoms. The van der Waals surface area contributed by atoms with Crippen LogP contribution in [0.5, 0.6) is 11.5 Å². The molecule has 2 aromatic rings. The molecule has 0 bridgehead atoms. The summed E-state index contributed by atoms with van der Waals surface area (Å²) in [6.07, 6.45) is 9.38. The number of nitrogens with zero attached hydrogens (tertiary/aromatic N) is 2. The quantitative estimate of drug-likeness (QED) is 0.553. The Labute approximate surface area is 191 Å². The number of anilines is 1. The summed E-state index contributed by atoms with van der Waals surface area (Å²) in [6, 6.07) is 4.20. The van der Waals surface area contributed by atoms with Crippen LogP contribution in [0.2, 0.25) is 0 Å². The fraction of sp³-hybridized carbons (Fsp3) is 0.654. The highest BCUT2D eigenvalue weighted by Crippen LogP contribution is 2.39. The van der Waals surface area contributed by atoms with Gasteiger partial charge in [-0.05, 0) is 82.0 Å². The van der Waals surface area contributed by atoms with Crippen LogP contribution in [0.3, 0.4) is 0 Å². The van der Waals surface area contributed by atoms with Gasteiger partial charge in [-0.1, -0.05) is 0 Å². The number of nitrogens with one attached hydrogen (secondary N) is 1. The van der Waals surface area contributed by atoms with Crippen molar-refractivity contribution in [2.45, 2.75) is 51.4 Å². The van der Waals surface area contributed by atoms with Gasteiger partial charge in [-0.15, -0.1) is 0 Å². The Kier molecular flexibility index (Phi) is 6.98. The van der Waals surface area contributed by atoms with Crippen molar-refractivity contribution < 1.29 is 14.2 Å². The Morgan fingerprint density at radius 2 is 2.06 bits per heavy atom. The Bertz CT molecular complexity index is 920. The number of pyridine rings is 1. The number of rotatable bonds is 10. The van der Waals surface area contributed by atoms with Crippen LogP contribution >= 0.6 is 0 Å². The number of hydrogen-bond acceptors (Lipinski definition) is 6. The first-order valence-corrected chi connectivity index (χ1v) is 12.5. The monoisotopic (exact) mass is 439 g/mol. The molecule has 0 amide bonds. The molecule has 2 fully saturated rings. The lowest BCUT2D eigenvalue weighted by Gasteiger charge is -2.19. The first kappa shape index (κ1) is 21.8. The minimum atomic E-state index is 0.679. The van der Waals surface area contributed by atoms with Gasteiger partial charge in [0, 0.05) is 49.1 Å². The number of ether oxygens (including phenoxy) is 3. The molecular weight excluding hydrogens is 402 g/mol. The van der Waals surface area contributed by atoms with E-state index in [4.69, 9.17) is 19.2 Å². The summed E-state index contributed by atoms with van der Waals surface area (Å²) < 4.78 is 17.5. The minimum absolute atomic E-state index is 0.679. The van der Waals surface area contributed by atoms with E-state index in [1.54, 1.807) is 7.11 Å². The normalized spacial score (nSPS) is 20.7. The van der Waals surface area contributed by atoms with E-state index in [0.717, 1.165) is 74.4 Å². The summed E-state index contributed by atoms with van der Waals surface area (Å²) in [7, 11) is 1.73. The zero-order chi connectivity index (χ0) is 21.8. The lowest BCUT2D eigenvalue weighted by molar-refractivity contribution is 0.185. The number of likely N-dealkylation sites (tertiary alicyclic amines) is 1. The van der Waals surface area contributed by atoms with Gasteiger partial charge in [-0.25, -0.2) is 0 Å². The maximum atomic E-state index is 6.18. The van der Waals surface area contributed by atoms with Crippen molar-refractivity contribution >= 4 is 16.6 Å². The van der Waals surface area contributed by atoms with E-state index < -0.39 is 0 Å². The molecule has 6 heteroatoms. The molecule has 1 N–H and O–H groups in total. The average Bonchev–Trinajstić information content (AvgIpc) is 3.58. The van der Waals surface area contributed by atoms with E-state index in [1.165, 1.54) is 55.7 Å². The summed E-state index contributed by atoms with van der Waals surface area (Å²) in [5.41, 5.74) is 4.89. The Balaban J connectivity index is 1.33. The molecule has 0 saturated carbocycles. The number of methoxy groups -OCH3 is 1. The molecule has 0 radical (unpaired) electrons. The molecule has 3 aliphatic rings. The molecule has 32 heavy (non-hydrogen) atoms. The predicted molar refractivity (Wildman–Crippen MR) is 128 cm³/mol. The van der Waals surface area contributed by atoms with Crippen LogP contribution in [0.15, 0.2) is 12.1 Å². The first-order chi connectivity index (χ1) is 15.8. The first-order valence-electron chi connectivity index (χ1n) is 12.5. The van der Waals surface area contributed by atoms with Gasteiger partial charge in [0.05, 0.1) is 19.2 Å². The Morgan fingerprint density at radius 1 is 1.16 bits per heavy atom. The van der Waals surface area contributed by atoms with E-state index in [-0.39, 0.29) is 0 Å². The lowest BCUT2D eigenvalue weighted by Crippen LogP contribution is -2.21. The molecular formula is C26H37N3O3. The Morgan fingerprint density at radius 3 is 2.88 bits per heavy atom. The summed E-state index contributed by atoms with van der Waals surface area (Å²) in [4.78, 5) is 7.55. The molecule has 2 saturated heterocycles. The zero-order valence-corrected chi connectivity index (χ0v) is 19.5. The van der Waals surface area contributed by atoms with Crippen molar-refractivity contribution in [1.29, 1.82) is 0 Å². The highest BCUT2D eigenvalue weighted by atomic mass is 16.5. The summed E-state index contributed by atoms with van der Waals surface area (Å²) in [5.74, 6) is 2.28. The smallest absolute Gasteiger partial charge is 0.163 e. The van der Waals surface area contributed by atoms with Crippen molar-refractivity contribution in [1.82, 2.24) is 9.88 Å². The third-order valence-electron chi connectivity index (χ3n) is 7.25. The standard InChI is InChI=1S/C26H37N3O3/c1-30-24-16-21-23(17-25(24)32-14-5-13-29-11-2-3-12-29)28-22-7-4-6-20(22)26(21)27-10-8-19-9-15-31-18-19/h16-17,19H,2-15,18H2,1H3,(H,27,28)/t19-/m0/s1. The second kappa shape index (κ2) is 10.3. The van der Waals surface area contributed by atoms with E-state index in [1.807, 2.05) is 0 Å². The van der Waals surface area contributed by atoms with Crippen LogP contribution in [-0.4, -0.2) is 63.0 Å². The van der Waals surface area contributed by atoms with Gasteiger partial charge in [0.2, 0.25) is 0 Å². The van der Waals surface area contributed by atoms with Gasteiger partial charge in [-0.2, -0.15) is 0 Å². The topological polar surface area (TPSA) is 55.9 Å². The van der Waals surface area contributed by atoms with Crippen LogP contribution in [0.1, 0.15) is 49.8 Å². The second-order valence-corrected chi connectivity index (χ2v) is 9.48. The van der Waals surface area contributed by atoms with Crippen molar-refractivity contribution in [2.75, 3.05) is 58.4 Å². The number of hydrogen-bond donors (Lipinski definition) is 1. The summed E-state index contributed by atoms with van der Waals surface area (Å²) in [5, 5.41) is 4.92. The van der Waals surface area contributed by atoms with Gasteiger partial charge in [0.15, 0.2) is 11.5 Å². The maximum absolute atomic E-state index is 6.18. The number of aromatic nitrogens is 1. The highest BCUT2D eigenvalue weighted by Gasteiger charge is 2.22. The number of aryl methyl sites for hydroxylation is 1. The molecule has 6 nitrogen and oxygen atoms in total.